The number of benzene rings is 1. The summed E-state index contributed by atoms with van der Waals surface area (Å²) in [6.45, 7) is 4.55. The molecule has 3 nitrogen and oxygen atoms in total. The van der Waals surface area contributed by atoms with Crippen LogP contribution in [0.3, 0.4) is 0 Å². The fraction of sp³-hybridized carbons (Fsp3) is 0.500. The van der Waals surface area contributed by atoms with Crippen LogP contribution in [0.1, 0.15) is 19.4 Å². The van der Waals surface area contributed by atoms with Gasteiger partial charge in [-0.2, -0.15) is 0 Å². The second-order valence-electron chi connectivity index (χ2n) is 3.89. The van der Waals surface area contributed by atoms with E-state index in [0.29, 0.717) is 6.61 Å². The van der Waals surface area contributed by atoms with Gasteiger partial charge in [-0.05, 0) is 26.0 Å². The lowest BCUT2D eigenvalue weighted by Gasteiger charge is -2.25. The maximum absolute atomic E-state index is 5.78. The zero-order valence-corrected chi connectivity index (χ0v) is 9.32. The predicted molar refractivity (Wildman–Crippen MR) is 56.8 cm³/mol. The molecular weight excluding hydrogens is 192 g/mol. The first-order valence-electron chi connectivity index (χ1n) is 5.11. The Balaban J connectivity index is 2.36. The van der Waals surface area contributed by atoms with E-state index < -0.39 is 5.79 Å². The third-order valence-corrected chi connectivity index (χ3v) is 2.62. The highest BCUT2D eigenvalue weighted by Gasteiger charge is 2.38. The van der Waals surface area contributed by atoms with Crippen molar-refractivity contribution in [3.05, 3.63) is 29.8 Å². The van der Waals surface area contributed by atoms with E-state index in [0.717, 1.165) is 11.3 Å². The second kappa shape index (κ2) is 3.83. The van der Waals surface area contributed by atoms with Crippen LogP contribution in [0, 0.1) is 0 Å². The van der Waals surface area contributed by atoms with Crippen molar-refractivity contribution in [2.24, 2.45) is 0 Å². The third kappa shape index (κ3) is 1.85. The Bertz CT molecular complexity index is 350. The van der Waals surface area contributed by atoms with E-state index in [2.05, 4.69) is 0 Å². The summed E-state index contributed by atoms with van der Waals surface area (Å²) in [7, 11) is 1.65. The molecule has 0 aliphatic carbocycles. The van der Waals surface area contributed by atoms with Crippen LogP contribution in [-0.2, 0) is 15.3 Å². The lowest BCUT2D eigenvalue weighted by molar-refractivity contribution is -0.160. The van der Waals surface area contributed by atoms with Gasteiger partial charge in [0.15, 0.2) is 5.79 Å². The van der Waals surface area contributed by atoms with Crippen LogP contribution < -0.4 is 4.74 Å². The van der Waals surface area contributed by atoms with E-state index >= 15 is 0 Å². The molecule has 1 heterocycles. The SMILES string of the molecule is COc1ccccc1C1(C)OCC(C)O1. The van der Waals surface area contributed by atoms with Crippen LogP contribution in [0.25, 0.3) is 0 Å². The van der Waals surface area contributed by atoms with E-state index in [1.807, 2.05) is 38.1 Å². The summed E-state index contributed by atoms with van der Waals surface area (Å²) in [6, 6.07) is 7.77. The minimum absolute atomic E-state index is 0.125. The molecule has 82 valence electrons. The minimum atomic E-state index is -0.675. The van der Waals surface area contributed by atoms with Gasteiger partial charge in [-0.15, -0.1) is 0 Å². The summed E-state index contributed by atoms with van der Waals surface area (Å²) in [6.07, 6.45) is 0.125. The van der Waals surface area contributed by atoms with Crippen molar-refractivity contribution in [1.29, 1.82) is 0 Å². The van der Waals surface area contributed by atoms with Gasteiger partial charge in [-0.25, -0.2) is 0 Å². The smallest absolute Gasteiger partial charge is 0.196 e. The van der Waals surface area contributed by atoms with Crippen LogP contribution in [0.5, 0.6) is 5.75 Å². The van der Waals surface area contributed by atoms with E-state index in [-0.39, 0.29) is 6.10 Å². The molecule has 1 aliphatic heterocycles. The Labute approximate surface area is 90.0 Å². The summed E-state index contributed by atoms with van der Waals surface area (Å²) in [5, 5.41) is 0. The monoisotopic (exact) mass is 208 g/mol. The Morgan fingerprint density at radius 1 is 1.40 bits per heavy atom. The first-order chi connectivity index (χ1) is 7.15. The average Bonchev–Trinajstić information content (AvgIpc) is 2.60. The summed E-state index contributed by atoms with van der Waals surface area (Å²) < 4.78 is 16.8. The van der Waals surface area contributed by atoms with Crippen LogP contribution in [0.4, 0.5) is 0 Å². The van der Waals surface area contributed by atoms with Crippen molar-refractivity contribution >= 4 is 0 Å². The number of rotatable bonds is 2. The van der Waals surface area contributed by atoms with Gasteiger partial charge >= 0.3 is 0 Å². The summed E-state index contributed by atoms with van der Waals surface area (Å²) in [5.41, 5.74) is 0.942. The van der Waals surface area contributed by atoms with Crippen molar-refractivity contribution in [1.82, 2.24) is 0 Å². The summed E-state index contributed by atoms with van der Waals surface area (Å²) in [5.74, 6) is 0.126. The highest BCUT2D eigenvalue weighted by atomic mass is 16.7. The molecular formula is C12H16O3. The Morgan fingerprint density at radius 3 is 2.73 bits per heavy atom. The van der Waals surface area contributed by atoms with Gasteiger partial charge in [0, 0.05) is 0 Å². The van der Waals surface area contributed by atoms with Crippen molar-refractivity contribution < 1.29 is 14.2 Å². The van der Waals surface area contributed by atoms with E-state index in [1.54, 1.807) is 7.11 Å². The second-order valence-corrected chi connectivity index (χ2v) is 3.89. The Hall–Kier alpha value is -1.06. The molecule has 2 rings (SSSR count). The third-order valence-electron chi connectivity index (χ3n) is 2.62. The van der Waals surface area contributed by atoms with Gasteiger partial charge in [-0.3, -0.25) is 0 Å². The molecule has 3 heteroatoms. The maximum atomic E-state index is 5.78. The first kappa shape index (κ1) is 10.5. The van der Waals surface area contributed by atoms with Crippen molar-refractivity contribution in [3.8, 4) is 5.75 Å². The fourth-order valence-electron chi connectivity index (χ4n) is 1.89. The molecule has 0 spiro atoms. The predicted octanol–water partition coefficient (Wildman–Crippen LogP) is 2.30. The quantitative estimate of drug-likeness (QED) is 0.746. The topological polar surface area (TPSA) is 27.7 Å². The molecule has 0 bridgehead atoms. The molecule has 1 aromatic carbocycles. The molecule has 0 saturated carbocycles. The lowest BCUT2D eigenvalue weighted by atomic mass is 10.1. The first-order valence-corrected chi connectivity index (χ1v) is 5.11. The van der Waals surface area contributed by atoms with Gasteiger partial charge in [-0.1, -0.05) is 12.1 Å². The molecule has 2 atom stereocenters. The molecule has 1 saturated heterocycles. The number of ether oxygens (including phenoxy) is 3. The Morgan fingerprint density at radius 2 is 2.13 bits per heavy atom. The minimum Gasteiger partial charge on any atom is -0.496 e. The molecule has 1 fully saturated rings. The zero-order chi connectivity index (χ0) is 10.9. The van der Waals surface area contributed by atoms with Crippen molar-refractivity contribution in [2.45, 2.75) is 25.7 Å². The summed E-state index contributed by atoms with van der Waals surface area (Å²) >= 11 is 0. The number of methoxy groups -OCH3 is 1. The lowest BCUT2D eigenvalue weighted by Crippen LogP contribution is -2.24. The van der Waals surface area contributed by atoms with Crippen LogP contribution >= 0.6 is 0 Å². The van der Waals surface area contributed by atoms with Crippen LogP contribution in [0.2, 0.25) is 0 Å². The van der Waals surface area contributed by atoms with Gasteiger partial charge in [0.1, 0.15) is 5.75 Å². The molecule has 0 aromatic heterocycles. The molecule has 0 amide bonds. The van der Waals surface area contributed by atoms with Crippen LogP contribution in [0.15, 0.2) is 24.3 Å². The Kier molecular flexibility index (Phi) is 2.67. The molecule has 1 aliphatic rings. The number of hydrogen-bond acceptors (Lipinski definition) is 3. The molecule has 0 radical (unpaired) electrons. The molecule has 1 aromatic rings. The summed E-state index contributed by atoms with van der Waals surface area (Å²) in [4.78, 5) is 0. The average molecular weight is 208 g/mol. The molecule has 2 unspecified atom stereocenters. The van der Waals surface area contributed by atoms with Gasteiger partial charge < -0.3 is 14.2 Å². The largest absolute Gasteiger partial charge is 0.496 e. The molecule has 0 N–H and O–H groups in total. The highest BCUT2D eigenvalue weighted by Crippen LogP contribution is 2.38. The van der Waals surface area contributed by atoms with Gasteiger partial charge in [0.25, 0.3) is 0 Å². The van der Waals surface area contributed by atoms with Gasteiger partial charge in [0.2, 0.25) is 0 Å². The molecule has 15 heavy (non-hydrogen) atoms. The van der Waals surface area contributed by atoms with Crippen molar-refractivity contribution in [3.63, 3.8) is 0 Å². The number of para-hydroxylation sites is 1. The van der Waals surface area contributed by atoms with E-state index in [1.165, 1.54) is 0 Å². The zero-order valence-electron chi connectivity index (χ0n) is 9.32. The maximum Gasteiger partial charge on any atom is 0.196 e. The normalized spacial score (nSPS) is 30.5. The van der Waals surface area contributed by atoms with Gasteiger partial charge in [0.05, 0.1) is 25.4 Å². The standard InChI is InChI=1S/C12H16O3/c1-9-8-14-12(2,15-9)10-6-4-5-7-11(10)13-3/h4-7,9H,8H2,1-3H3. The number of hydrogen-bond donors (Lipinski definition) is 0. The van der Waals surface area contributed by atoms with E-state index in [9.17, 15) is 0 Å². The van der Waals surface area contributed by atoms with Crippen molar-refractivity contribution in [2.75, 3.05) is 13.7 Å². The highest BCUT2D eigenvalue weighted by molar-refractivity contribution is 5.36. The fourth-order valence-corrected chi connectivity index (χ4v) is 1.89. The van der Waals surface area contributed by atoms with Crippen LogP contribution in [-0.4, -0.2) is 19.8 Å². The van der Waals surface area contributed by atoms with E-state index in [4.69, 9.17) is 14.2 Å².